The van der Waals surface area contributed by atoms with Crippen LogP contribution in [0.1, 0.15) is 44.9 Å². The van der Waals surface area contributed by atoms with Crippen LogP contribution < -0.4 is 0 Å². The second kappa shape index (κ2) is 4.91. The van der Waals surface area contributed by atoms with E-state index in [4.69, 9.17) is 5.11 Å². The number of nitrogens with one attached hydrogen (secondary N) is 1. The van der Waals surface area contributed by atoms with Gasteiger partial charge in [0.1, 0.15) is 5.69 Å². The molecule has 1 aromatic heterocycles. The topological polar surface area (TPSA) is 73.4 Å². The molecule has 102 valence electrons. The number of nitrogens with zero attached hydrogens (tertiary/aromatic N) is 1. The van der Waals surface area contributed by atoms with Gasteiger partial charge < -0.3 is 15.0 Å². The van der Waals surface area contributed by atoms with E-state index in [1.807, 2.05) is 0 Å². The maximum atomic E-state index is 12.6. The van der Waals surface area contributed by atoms with Crippen molar-refractivity contribution in [1.29, 1.82) is 0 Å². The first-order chi connectivity index (χ1) is 8.97. The molecule has 1 aromatic rings. The van der Waals surface area contributed by atoms with Crippen LogP contribution in [0, 0.1) is 13.8 Å². The van der Waals surface area contributed by atoms with E-state index in [0.717, 1.165) is 12.8 Å². The van der Waals surface area contributed by atoms with Crippen LogP contribution in [0.3, 0.4) is 0 Å². The number of carboxylic acid groups (broad SMARTS) is 1. The first kappa shape index (κ1) is 13.4. The summed E-state index contributed by atoms with van der Waals surface area (Å²) in [6.07, 6.45) is 3.72. The number of hydrogen-bond acceptors (Lipinski definition) is 2. The molecule has 0 bridgehead atoms. The lowest BCUT2D eigenvalue weighted by atomic mass is 10.1. The van der Waals surface area contributed by atoms with Crippen LogP contribution in [0.5, 0.6) is 0 Å². The van der Waals surface area contributed by atoms with Gasteiger partial charge in [-0.15, -0.1) is 6.58 Å². The zero-order valence-corrected chi connectivity index (χ0v) is 11.2. The Balaban J connectivity index is 2.37. The minimum Gasteiger partial charge on any atom is -0.477 e. The number of H-pyrrole nitrogens is 1. The highest BCUT2D eigenvalue weighted by atomic mass is 16.4. The van der Waals surface area contributed by atoms with Gasteiger partial charge in [-0.25, -0.2) is 4.79 Å². The molecule has 1 aliphatic carbocycles. The van der Waals surface area contributed by atoms with Crippen LogP contribution >= 0.6 is 0 Å². The molecule has 1 fully saturated rings. The van der Waals surface area contributed by atoms with E-state index in [9.17, 15) is 9.59 Å². The average molecular weight is 262 g/mol. The molecule has 0 unspecified atom stereocenters. The first-order valence-electron chi connectivity index (χ1n) is 6.31. The van der Waals surface area contributed by atoms with Crippen LogP contribution in [-0.4, -0.2) is 39.5 Å². The van der Waals surface area contributed by atoms with E-state index < -0.39 is 5.97 Å². The zero-order chi connectivity index (χ0) is 14.2. The summed E-state index contributed by atoms with van der Waals surface area (Å²) in [6.45, 7) is 7.56. The highest BCUT2D eigenvalue weighted by Crippen LogP contribution is 2.30. The maximum Gasteiger partial charge on any atom is 0.352 e. The molecule has 0 aliphatic heterocycles. The lowest BCUT2D eigenvalue weighted by Crippen LogP contribution is -2.33. The summed E-state index contributed by atoms with van der Waals surface area (Å²) < 4.78 is 0. The Kier molecular flexibility index (Phi) is 3.46. The highest BCUT2D eigenvalue weighted by molar-refractivity contribution is 6.01. The van der Waals surface area contributed by atoms with Crippen molar-refractivity contribution in [2.45, 2.75) is 32.7 Å². The fourth-order valence-electron chi connectivity index (χ4n) is 2.35. The summed E-state index contributed by atoms with van der Waals surface area (Å²) in [4.78, 5) is 28.2. The second-order valence-electron chi connectivity index (χ2n) is 4.91. The van der Waals surface area contributed by atoms with Gasteiger partial charge in [-0.3, -0.25) is 4.79 Å². The number of carbonyl (C=O) groups excluding carboxylic acids is 1. The minimum absolute atomic E-state index is 0.0928. The number of rotatable bonds is 5. The molecule has 0 spiro atoms. The predicted octanol–water partition coefficient (Wildman–Crippen LogP) is 2.12. The molecule has 1 heterocycles. The van der Waals surface area contributed by atoms with Gasteiger partial charge in [0.05, 0.1) is 5.56 Å². The van der Waals surface area contributed by atoms with E-state index in [0.29, 0.717) is 23.4 Å². The number of aromatic amines is 1. The van der Waals surface area contributed by atoms with E-state index in [1.54, 1.807) is 24.8 Å². The van der Waals surface area contributed by atoms with Crippen molar-refractivity contribution >= 4 is 11.9 Å². The van der Waals surface area contributed by atoms with Gasteiger partial charge in [0.2, 0.25) is 0 Å². The van der Waals surface area contributed by atoms with Gasteiger partial charge in [0, 0.05) is 18.3 Å². The van der Waals surface area contributed by atoms with Crippen molar-refractivity contribution in [2.75, 3.05) is 6.54 Å². The molecule has 2 N–H and O–H groups in total. The normalized spacial score (nSPS) is 14.2. The molecular formula is C14H18N2O3. The predicted molar refractivity (Wildman–Crippen MR) is 71.5 cm³/mol. The molecule has 1 amide bonds. The molecule has 0 aromatic carbocycles. The summed E-state index contributed by atoms with van der Waals surface area (Å²) in [5.41, 5.74) is 1.68. The largest absolute Gasteiger partial charge is 0.477 e. The highest BCUT2D eigenvalue weighted by Gasteiger charge is 2.34. The van der Waals surface area contributed by atoms with Gasteiger partial charge in [-0.2, -0.15) is 0 Å². The SMILES string of the molecule is C=CCN(C(=O)c1c(C)[nH]c(C(=O)O)c1C)C1CC1. The Labute approximate surface area is 111 Å². The molecule has 5 heteroatoms. The summed E-state index contributed by atoms with van der Waals surface area (Å²) in [5.74, 6) is -1.15. The van der Waals surface area contributed by atoms with E-state index >= 15 is 0 Å². The van der Waals surface area contributed by atoms with Crippen molar-refractivity contribution in [3.63, 3.8) is 0 Å². The number of carboxylic acids is 1. The molecule has 0 atom stereocenters. The number of hydrogen-bond donors (Lipinski definition) is 2. The van der Waals surface area contributed by atoms with Crippen LogP contribution in [0.25, 0.3) is 0 Å². The van der Waals surface area contributed by atoms with Gasteiger partial charge in [-0.05, 0) is 32.3 Å². The van der Waals surface area contributed by atoms with Crippen molar-refractivity contribution < 1.29 is 14.7 Å². The molecule has 0 radical (unpaired) electrons. The third-order valence-corrected chi connectivity index (χ3v) is 3.44. The molecule has 2 rings (SSSR count). The Morgan fingerprint density at radius 1 is 1.47 bits per heavy atom. The van der Waals surface area contributed by atoms with Crippen LogP contribution in [0.4, 0.5) is 0 Å². The first-order valence-corrected chi connectivity index (χ1v) is 6.31. The Hall–Kier alpha value is -2.04. The smallest absolute Gasteiger partial charge is 0.352 e. The third-order valence-electron chi connectivity index (χ3n) is 3.44. The number of aryl methyl sites for hydroxylation is 1. The average Bonchev–Trinajstić information content (AvgIpc) is 3.12. The zero-order valence-electron chi connectivity index (χ0n) is 11.2. The Bertz CT molecular complexity index is 541. The molecule has 0 saturated heterocycles. The summed E-state index contributed by atoms with van der Waals surface area (Å²) in [6, 6.07) is 0.271. The van der Waals surface area contributed by atoms with Crippen molar-refractivity contribution in [1.82, 2.24) is 9.88 Å². The monoisotopic (exact) mass is 262 g/mol. The van der Waals surface area contributed by atoms with Gasteiger partial charge in [0.25, 0.3) is 5.91 Å². The molecule has 5 nitrogen and oxygen atoms in total. The second-order valence-corrected chi connectivity index (χ2v) is 4.91. The van der Waals surface area contributed by atoms with E-state index in [2.05, 4.69) is 11.6 Å². The summed E-state index contributed by atoms with van der Waals surface area (Å²) in [7, 11) is 0. The molecule has 1 aliphatic rings. The molecule has 1 saturated carbocycles. The van der Waals surface area contributed by atoms with Crippen molar-refractivity contribution in [3.05, 3.63) is 35.2 Å². The number of amides is 1. The van der Waals surface area contributed by atoms with Crippen LogP contribution in [0.15, 0.2) is 12.7 Å². The number of carbonyl (C=O) groups is 2. The number of aromatic carboxylic acids is 1. The minimum atomic E-state index is -1.04. The lowest BCUT2D eigenvalue weighted by molar-refractivity contribution is 0.0690. The van der Waals surface area contributed by atoms with Crippen molar-refractivity contribution in [3.8, 4) is 0 Å². The van der Waals surface area contributed by atoms with Gasteiger partial charge >= 0.3 is 5.97 Å². The fraction of sp³-hybridized carbons (Fsp3) is 0.429. The van der Waals surface area contributed by atoms with Crippen molar-refractivity contribution in [2.24, 2.45) is 0 Å². The summed E-state index contributed by atoms with van der Waals surface area (Å²) in [5, 5.41) is 9.08. The molecule has 19 heavy (non-hydrogen) atoms. The fourth-order valence-corrected chi connectivity index (χ4v) is 2.35. The molecular weight excluding hydrogens is 244 g/mol. The van der Waals surface area contributed by atoms with Crippen LogP contribution in [-0.2, 0) is 0 Å². The maximum absolute atomic E-state index is 12.6. The Morgan fingerprint density at radius 2 is 2.11 bits per heavy atom. The van der Waals surface area contributed by atoms with E-state index in [1.165, 1.54) is 0 Å². The summed E-state index contributed by atoms with van der Waals surface area (Å²) >= 11 is 0. The Morgan fingerprint density at radius 3 is 2.53 bits per heavy atom. The van der Waals surface area contributed by atoms with E-state index in [-0.39, 0.29) is 17.6 Å². The van der Waals surface area contributed by atoms with Gasteiger partial charge in [0.15, 0.2) is 0 Å². The quantitative estimate of drug-likeness (QED) is 0.798. The standard InChI is InChI=1S/C14H18N2O3/c1-4-7-16(10-5-6-10)13(17)11-8(2)12(14(18)19)15-9(11)3/h4,10,15H,1,5-7H2,2-3H3,(H,18,19). The number of aromatic nitrogens is 1. The lowest BCUT2D eigenvalue weighted by Gasteiger charge is -2.21. The van der Waals surface area contributed by atoms with Crippen LogP contribution in [0.2, 0.25) is 0 Å². The van der Waals surface area contributed by atoms with Gasteiger partial charge in [-0.1, -0.05) is 6.08 Å². The third kappa shape index (κ3) is 2.41.